The van der Waals surface area contributed by atoms with E-state index in [2.05, 4.69) is 0 Å². The van der Waals surface area contributed by atoms with Gasteiger partial charge in [0.05, 0.1) is 11.1 Å². The van der Waals surface area contributed by atoms with Crippen LogP contribution < -0.4 is 0 Å². The molecule has 4 rings (SSSR count). The zero-order valence-corrected chi connectivity index (χ0v) is 11.8. The van der Waals surface area contributed by atoms with Gasteiger partial charge < -0.3 is 4.57 Å². The molecule has 0 radical (unpaired) electrons. The van der Waals surface area contributed by atoms with Gasteiger partial charge in [-0.1, -0.05) is 24.3 Å². The number of carbonyl (C=O) groups is 2. The van der Waals surface area contributed by atoms with Crippen LogP contribution in [-0.2, 0) is 7.05 Å². The number of Topliss-reactive ketones (excluding diaryl/α,β-unsaturated/α-hetero) is 1. The van der Waals surface area contributed by atoms with Gasteiger partial charge in [0.15, 0.2) is 11.6 Å². The van der Waals surface area contributed by atoms with Crippen molar-refractivity contribution >= 4 is 33.4 Å². The van der Waals surface area contributed by atoms with Crippen molar-refractivity contribution in [1.82, 2.24) is 4.57 Å². The Kier molecular flexibility index (Phi) is 2.25. The highest BCUT2D eigenvalue weighted by atomic mass is 16.1. The van der Waals surface area contributed by atoms with Gasteiger partial charge in [0, 0.05) is 34.5 Å². The van der Waals surface area contributed by atoms with Crippen molar-refractivity contribution in [3.8, 4) is 0 Å². The molecule has 0 fully saturated rings. The highest BCUT2D eigenvalue weighted by molar-refractivity contribution is 6.30. The largest absolute Gasteiger partial charge is 0.343 e. The summed E-state index contributed by atoms with van der Waals surface area (Å²) < 4.78 is 2.01. The lowest BCUT2D eigenvalue weighted by Gasteiger charge is -2.14. The number of ketones is 2. The highest BCUT2D eigenvalue weighted by Crippen LogP contribution is 2.34. The number of hydrogen-bond acceptors (Lipinski definition) is 2. The zero-order chi connectivity index (χ0) is 14.7. The van der Waals surface area contributed by atoms with Gasteiger partial charge in [-0.2, -0.15) is 0 Å². The van der Waals surface area contributed by atoms with Gasteiger partial charge in [0.2, 0.25) is 0 Å². The summed E-state index contributed by atoms with van der Waals surface area (Å²) in [4.78, 5) is 24.7. The first-order valence-electron chi connectivity index (χ1n) is 6.87. The molecule has 3 aromatic rings. The summed E-state index contributed by atoms with van der Waals surface area (Å²) in [6.45, 7) is 1.70. The normalized spacial score (nSPS) is 14.7. The third-order valence-electron chi connectivity index (χ3n) is 4.27. The minimum absolute atomic E-state index is 0.0545. The molecule has 0 atom stereocenters. The van der Waals surface area contributed by atoms with Crippen LogP contribution in [0.4, 0.5) is 0 Å². The predicted molar refractivity (Wildman–Crippen MR) is 82.8 cm³/mol. The molecule has 21 heavy (non-hydrogen) atoms. The average molecular weight is 275 g/mol. The monoisotopic (exact) mass is 275 g/mol. The number of nitrogens with zero attached hydrogens (tertiary/aromatic N) is 1. The van der Waals surface area contributed by atoms with Crippen molar-refractivity contribution in [2.75, 3.05) is 0 Å². The summed E-state index contributed by atoms with van der Waals surface area (Å²) in [5.41, 5.74) is 3.46. The Balaban J connectivity index is 2.26. The summed E-state index contributed by atoms with van der Waals surface area (Å²) in [5.74, 6) is -0.143. The molecule has 0 bridgehead atoms. The summed E-state index contributed by atoms with van der Waals surface area (Å²) >= 11 is 0. The number of fused-ring (bicyclic) bond motifs is 5. The van der Waals surface area contributed by atoms with E-state index in [9.17, 15) is 9.59 Å². The molecular formula is C18H13NO2. The molecule has 1 heterocycles. The molecular weight excluding hydrogens is 262 g/mol. The van der Waals surface area contributed by atoms with Gasteiger partial charge in [-0.3, -0.25) is 9.59 Å². The van der Waals surface area contributed by atoms with Crippen LogP contribution in [0.2, 0.25) is 0 Å². The maximum absolute atomic E-state index is 12.6. The molecule has 1 aliphatic rings. The van der Waals surface area contributed by atoms with Gasteiger partial charge in [-0.15, -0.1) is 0 Å². The highest BCUT2D eigenvalue weighted by Gasteiger charge is 2.27. The molecule has 0 N–H and O–H groups in total. The van der Waals surface area contributed by atoms with E-state index in [1.165, 1.54) is 6.08 Å². The lowest BCUT2D eigenvalue weighted by atomic mass is 9.88. The van der Waals surface area contributed by atoms with E-state index in [1.54, 1.807) is 13.0 Å². The van der Waals surface area contributed by atoms with E-state index in [-0.39, 0.29) is 11.6 Å². The molecule has 0 saturated heterocycles. The van der Waals surface area contributed by atoms with Crippen molar-refractivity contribution in [3.05, 3.63) is 59.2 Å². The van der Waals surface area contributed by atoms with E-state index in [0.29, 0.717) is 16.7 Å². The molecule has 3 nitrogen and oxygen atoms in total. The second-order valence-electron chi connectivity index (χ2n) is 5.48. The first-order chi connectivity index (χ1) is 10.1. The Labute approximate surface area is 121 Å². The fraction of sp³-hybridized carbons (Fsp3) is 0.111. The van der Waals surface area contributed by atoms with E-state index in [0.717, 1.165) is 21.8 Å². The molecule has 0 amide bonds. The summed E-state index contributed by atoms with van der Waals surface area (Å²) in [6, 6.07) is 11.7. The smallest absolute Gasteiger partial charge is 0.191 e. The SMILES string of the molecule is CC1=CC(=O)c2ccc3c4ccccc4n(C)c3c2C1=O. The molecule has 0 aliphatic heterocycles. The first kappa shape index (κ1) is 12.1. The van der Waals surface area contributed by atoms with Crippen LogP contribution in [0.3, 0.4) is 0 Å². The number of aryl methyl sites for hydroxylation is 1. The maximum atomic E-state index is 12.6. The van der Waals surface area contributed by atoms with E-state index in [1.807, 2.05) is 41.9 Å². The van der Waals surface area contributed by atoms with Crippen LogP contribution in [0.1, 0.15) is 27.6 Å². The summed E-state index contributed by atoms with van der Waals surface area (Å²) in [6.07, 6.45) is 1.43. The minimum Gasteiger partial charge on any atom is -0.343 e. The topological polar surface area (TPSA) is 39.1 Å². The Morgan fingerprint density at radius 3 is 2.52 bits per heavy atom. The molecule has 102 valence electrons. The number of hydrogen-bond donors (Lipinski definition) is 0. The molecule has 2 aromatic carbocycles. The number of allylic oxidation sites excluding steroid dienone is 2. The number of para-hydroxylation sites is 1. The van der Waals surface area contributed by atoms with Gasteiger partial charge in [-0.05, 0) is 25.1 Å². The van der Waals surface area contributed by atoms with Crippen molar-refractivity contribution in [3.63, 3.8) is 0 Å². The van der Waals surface area contributed by atoms with Crippen molar-refractivity contribution in [1.29, 1.82) is 0 Å². The Morgan fingerprint density at radius 2 is 1.71 bits per heavy atom. The lowest BCUT2D eigenvalue weighted by Crippen LogP contribution is -2.16. The number of rotatable bonds is 0. The van der Waals surface area contributed by atoms with Crippen molar-refractivity contribution in [2.45, 2.75) is 6.92 Å². The third-order valence-corrected chi connectivity index (χ3v) is 4.27. The Hall–Kier alpha value is -2.68. The van der Waals surface area contributed by atoms with Gasteiger partial charge >= 0.3 is 0 Å². The van der Waals surface area contributed by atoms with Crippen molar-refractivity contribution in [2.24, 2.45) is 7.05 Å². The first-order valence-corrected chi connectivity index (χ1v) is 6.87. The molecule has 1 aliphatic carbocycles. The third kappa shape index (κ3) is 1.43. The quantitative estimate of drug-likeness (QED) is 0.628. The molecule has 0 unspecified atom stereocenters. The van der Waals surface area contributed by atoms with Crippen LogP contribution in [0, 0.1) is 0 Å². The number of carbonyl (C=O) groups excluding carboxylic acids is 2. The summed E-state index contributed by atoms with van der Waals surface area (Å²) in [7, 11) is 1.94. The van der Waals surface area contributed by atoms with Gasteiger partial charge in [0.25, 0.3) is 0 Å². The van der Waals surface area contributed by atoms with Crippen molar-refractivity contribution < 1.29 is 9.59 Å². The predicted octanol–water partition coefficient (Wildman–Crippen LogP) is 3.66. The van der Waals surface area contributed by atoms with E-state index < -0.39 is 0 Å². The van der Waals surface area contributed by atoms with E-state index in [4.69, 9.17) is 0 Å². The number of aromatic nitrogens is 1. The second kappa shape index (κ2) is 3.92. The van der Waals surface area contributed by atoms with Crippen LogP contribution in [0.25, 0.3) is 21.8 Å². The number of benzene rings is 2. The van der Waals surface area contributed by atoms with Crippen LogP contribution in [0.5, 0.6) is 0 Å². The van der Waals surface area contributed by atoms with Crippen LogP contribution in [0.15, 0.2) is 48.0 Å². The van der Waals surface area contributed by atoms with E-state index >= 15 is 0 Å². The fourth-order valence-electron chi connectivity index (χ4n) is 3.24. The molecule has 1 aromatic heterocycles. The lowest BCUT2D eigenvalue weighted by molar-refractivity contribution is 0.0985. The standard InChI is InChI=1S/C18H13NO2/c1-10-9-15(20)13-8-7-12-11-5-3-4-6-14(11)19(2)17(12)16(13)18(10)21/h3-9H,1-2H3. The molecule has 3 heteroatoms. The average Bonchev–Trinajstić information content (AvgIpc) is 2.78. The second-order valence-corrected chi connectivity index (χ2v) is 5.48. The van der Waals surface area contributed by atoms with Gasteiger partial charge in [0.1, 0.15) is 0 Å². The minimum atomic E-state index is -0.0887. The Bertz CT molecular complexity index is 989. The Morgan fingerprint density at radius 1 is 0.952 bits per heavy atom. The van der Waals surface area contributed by atoms with Crippen LogP contribution >= 0.6 is 0 Å². The zero-order valence-electron chi connectivity index (χ0n) is 11.8. The van der Waals surface area contributed by atoms with Crippen LogP contribution in [-0.4, -0.2) is 16.1 Å². The molecule has 0 spiro atoms. The summed E-state index contributed by atoms with van der Waals surface area (Å²) in [5, 5.41) is 2.12. The maximum Gasteiger partial charge on any atom is 0.191 e. The van der Waals surface area contributed by atoms with Gasteiger partial charge in [-0.25, -0.2) is 0 Å². The fourth-order valence-corrected chi connectivity index (χ4v) is 3.24. The molecule has 0 saturated carbocycles.